The van der Waals surface area contributed by atoms with E-state index in [2.05, 4.69) is 24.3 Å². The number of nitrogens with zero attached hydrogens (tertiary/aromatic N) is 1. The van der Waals surface area contributed by atoms with Crippen LogP contribution in [0.25, 0.3) is 0 Å². The summed E-state index contributed by atoms with van der Waals surface area (Å²) in [4.78, 5) is 2.40. The lowest BCUT2D eigenvalue weighted by molar-refractivity contribution is 0.162. The molecule has 1 N–H and O–H groups in total. The average Bonchev–Trinajstić information content (AvgIpc) is 2.49. The molecule has 12 heavy (non-hydrogen) atoms. The predicted octanol–water partition coefficient (Wildman–Crippen LogP) is 0.936. The van der Waals surface area contributed by atoms with E-state index in [1.807, 2.05) is 0 Å². The molecule has 0 spiro atoms. The monoisotopic (exact) mass is 168 g/mol. The lowest BCUT2D eigenvalue weighted by atomic mass is 9.79. The second-order valence-electron chi connectivity index (χ2n) is 4.61. The van der Waals surface area contributed by atoms with E-state index < -0.39 is 0 Å². The molecule has 3 unspecified atom stereocenters. The zero-order valence-corrected chi connectivity index (χ0v) is 8.21. The van der Waals surface area contributed by atoms with Gasteiger partial charge in [-0.1, -0.05) is 0 Å². The first-order valence-electron chi connectivity index (χ1n) is 5.14. The first kappa shape index (κ1) is 8.52. The molecule has 1 saturated carbocycles. The number of nitrogens with one attached hydrogen (secondary N) is 1. The first-order chi connectivity index (χ1) is 5.77. The summed E-state index contributed by atoms with van der Waals surface area (Å²) in [6.45, 7) is 2.56. The van der Waals surface area contributed by atoms with E-state index >= 15 is 0 Å². The van der Waals surface area contributed by atoms with Gasteiger partial charge in [0.1, 0.15) is 0 Å². The quantitative estimate of drug-likeness (QED) is 0.627. The van der Waals surface area contributed by atoms with Gasteiger partial charge in [0, 0.05) is 6.04 Å². The van der Waals surface area contributed by atoms with E-state index in [0.717, 1.165) is 17.9 Å². The van der Waals surface area contributed by atoms with E-state index in [1.165, 1.54) is 32.4 Å². The third-order valence-corrected chi connectivity index (χ3v) is 3.66. The van der Waals surface area contributed by atoms with Crippen LogP contribution in [0.1, 0.15) is 19.3 Å². The average molecular weight is 168 g/mol. The molecular formula is C10H20N2. The Balaban J connectivity index is 1.92. The molecule has 70 valence electrons. The van der Waals surface area contributed by atoms with Gasteiger partial charge in [-0.3, -0.25) is 0 Å². The van der Waals surface area contributed by atoms with Crippen LogP contribution in [0.2, 0.25) is 0 Å². The topological polar surface area (TPSA) is 15.3 Å². The molecule has 1 saturated heterocycles. The summed E-state index contributed by atoms with van der Waals surface area (Å²) in [5.74, 6) is 1.98. The summed E-state index contributed by atoms with van der Waals surface area (Å²) in [5, 5.41) is 3.51. The Morgan fingerprint density at radius 2 is 1.83 bits per heavy atom. The van der Waals surface area contributed by atoms with E-state index in [9.17, 15) is 0 Å². The molecule has 0 bridgehead atoms. The highest BCUT2D eigenvalue weighted by Crippen LogP contribution is 2.33. The zero-order chi connectivity index (χ0) is 8.55. The van der Waals surface area contributed by atoms with E-state index in [0.29, 0.717) is 0 Å². The maximum atomic E-state index is 3.51. The van der Waals surface area contributed by atoms with Crippen LogP contribution in [0.5, 0.6) is 0 Å². The van der Waals surface area contributed by atoms with Crippen molar-refractivity contribution in [1.29, 1.82) is 0 Å². The van der Waals surface area contributed by atoms with Crippen LogP contribution < -0.4 is 5.32 Å². The van der Waals surface area contributed by atoms with Gasteiger partial charge in [-0.2, -0.15) is 0 Å². The van der Waals surface area contributed by atoms with Crippen LogP contribution in [0.4, 0.5) is 0 Å². The largest absolute Gasteiger partial charge is 0.316 e. The number of rotatable bonds is 1. The number of hydrogen-bond acceptors (Lipinski definition) is 2. The van der Waals surface area contributed by atoms with Crippen molar-refractivity contribution in [2.45, 2.75) is 25.3 Å². The fourth-order valence-electron chi connectivity index (χ4n) is 2.74. The van der Waals surface area contributed by atoms with Crippen LogP contribution in [0, 0.1) is 11.8 Å². The molecule has 2 fully saturated rings. The minimum atomic E-state index is 0.853. The van der Waals surface area contributed by atoms with Gasteiger partial charge in [0.25, 0.3) is 0 Å². The van der Waals surface area contributed by atoms with E-state index in [-0.39, 0.29) is 0 Å². The molecule has 0 aromatic heterocycles. The third-order valence-electron chi connectivity index (χ3n) is 3.66. The molecule has 0 aromatic carbocycles. The summed E-state index contributed by atoms with van der Waals surface area (Å²) in [7, 11) is 4.43. The molecule has 1 aliphatic heterocycles. The smallest absolute Gasteiger partial charge is 0.00925 e. The Kier molecular flexibility index (Phi) is 2.37. The minimum absolute atomic E-state index is 0.853. The molecule has 2 rings (SSSR count). The van der Waals surface area contributed by atoms with Gasteiger partial charge < -0.3 is 10.2 Å². The van der Waals surface area contributed by atoms with Crippen molar-refractivity contribution in [2.24, 2.45) is 11.8 Å². The normalized spacial score (nSPS) is 41.8. The summed E-state index contributed by atoms with van der Waals surface area (Å²) >= 11 is 0. The third kappa shape index (κ3) is 1.50. The van der Waals surface area contributed by atoms with Crippen LogP contribution in [0.15, 0.2) is 0 Å². The molecule has 0 radical (unpaired) electrons. The fourth-order valence-corrected chi connectivity index (χ4v) is 2.74. The van der Waals surface area contributed by atoms with Crippen LogP contribution in [0.3, 0.4) is 0 Å². The van der Waals surface area contributed by atoms with Crippen molar-refractivity contribution in [1.82, 2.24) is 10.2 Å². The molecule has 1 heterocycles. The summed E-state index contributed by atoms with van der Waals surface area (Å²) in [6, 6.07) is 0.853. The van der Waals surface area contributed by atoms with Crippen LogP contribution in [-0.4, -0.2) is 38.1 Å². The Morgan fingerprint density at radius 1 is 1.08 bits per heavy atom. The summed E-state index contributed by atoms with van der Waals surface area (Å²) < 4.78 is 0. The molecule has 2 aliphatic rings. The summed E-state index contributed by atoms with van der Waals surface area (Å²) in [6.07, 6.45) is 4.28. The van der Waals surface area contributed by atoms with Gasteiger partial charge in [-0.05, 0) is 58.3 Å². The van der Waals surface area contributed by atoms with Crippen molar-refractivity contribution < 1.29 is 0 Å². The first-order valence-corrected chi connectivity index (χ1v) is 5.14. The molecule has 2 nitrogen and oxygen atoms in total. The van der Waals surface area contributed by atoms with Crippen LogP contribution in [-0.2, 0) is 0 Å². The van der Waals surface area contributed by atoms with Gasteiger partial charge in [0.15, 0.2) is 0 Å². The van der Waals surface area contributed by atoms with E-state index in [1.54, 1.807) is 0 Å². The van der Waals surface area contributed by atoms with Crippen molar-refractivity contribution >= 4 is 0 Å². The lowest BCUT2D eigenvalue weighted by Gasteiger charge is -2.34. The molecule has 0 aromatic rings. The van der Waals surface area contributed by atoms with Gasteiger partial charge in [0.2, 0.25) is 0 Å². The molecule has 0 amide bonds. The van der Waals surface area contributed by atoms with Crippen molar-refractivity contribution in [3.05, 3.63) is 0 Å². The Morgan fingerprint density at radius 3 is 2.58 bits per heavy atom. The second-order valence-corrected chi connectivity index (χ2v) is 4.61. The maximum Gasteiger partial charge on any atom is 0.00925 e. The van der Waals surface area contributed by atoms with Gasteiger partial charge in [-0.25, -0.2) is 0 Å². The molecule has 2 heteroatoms. The highest BCUT2D eigenvalue weighted by molar-refractivity contribution is 4.89. The highest BCUT2D eigenvalue weighted by Gasteiger charge is 2.34. The predicted molar refractivity (Wildman–Crippen MR) is 51.2 cm³/mol. The standard InChI is InChI=1S/C10H20N2/c1-12(2)10-4-3-8-6-11-7-9(8)5-10/h8-11H,3-7H2,1-2H3. The molecular weight excluding hydrogens is 148 g/mol. The van der Waals surface area contributed by atoms with Gasteiger partial charge >= 0.3 is 0 Å². The fraction of sp³-hybridized carbons (Fsp3) is 1.00. The number of fused-ring (bicyclic) bond motifs is 1. The Bertz CT molecular complexity index is 156. The summed E-state index contributed by atoms with van der Waals surface area (Å²) in [5.41, 5.74) is 0. The van der Waals surface area contributed by atoms with Crippen molar-refractivity contribution in [3.63, 3.8) is 0 Å². The maximum absolute atomic E-state index is 3.51. The zero-order valence-electron chi connectivity index (χ0n) is 8.21. The van der Waals surface area contributed by atoms with Gasteiger partial charge in [0.05, 0.1) is 0 Å². The highest BCUT2D eigenvalue weighted by atomic mass is 15.1. The lowest BCUT2D eigenvalue weighted by Crippen LogP contribution is -2.36. The second kappa shape index (κ2) is 3.35. The van der Waals surface area contributed by atoms with Crippen molar-refractivity contribution in [2.75, 3.05) is 27.2 Å². The Labute approximate surface area is 75.3 Å². The molecule has 1 aliphatic carbocycles. The van der Waals surface area contributed by atoms with Gasteiger partial charge in [-0.15, -0.1) is 0 Å². The number of hydrogen-bond donors (Lipinski definition) is 1. The van der Waals surface area contributed by atoms with Crippen molar-refractivity contribution in [3.8, 4) is 0 Å². The van der Waals surface area contributed by atoms with E-state index in [4.69, 9.17) is 0 Å². The Hall–Kier alpha value is -0.0800. The minimum Gasteiger partial charge on any atom is -0.316 e. The SMILES string of the molecule is CN(C)C1CCC2CNCC2C1. The molecule has 3 atom stereocenters. The van der Waals surface area contributed by atoms with Crippen LogP contribution >= 0.6 is 0 Å².